The van der Waals surface area contributed by atoms with Crippen molar-refractivity contribution in [1.82, 2.24) is 4.98 Å². The second kappa shape index (κ2) is 5.09. The molecule has 15 heavy (non-hydrogen) atoms. The van der Waals surface area contributed by atoms with E-state index in [0.29, 0.717) is 24.1 Å². The summed E-state index contributed by atoms with van der Waals surface area (Å²) < 4.78 is 10.8. The predicted octanol–water partition coefficient (Wildman–Crippen LogP) is 0.989. The maximum Gasteiger partial charge on any atom is 0.213 e. The van der Waals surface area contributed by atoms with E-state index in [1.54, 1.807) is 12.1 Å². The van der Waals surface area contributed by atoms with Crippen molar-refractivity contribution < 1.29 is 14.6 Å². The molecule has 0 aliphatic carbocycles. The lowest BCUT2D eigenvalue weighted by atomic mass is 10.1. The van der Waals surface area contributed by atoms with E-state index in [-0.39, 0.29) is 6.61 Å². The molecule has 0 saturated carbocycles. The van der Waals surface area contributed by atoms with Crippen LogP contribution in [0.5, 0.6) is 5.88 Å². The van der Waals surface area contributed by atoms with Crippen molar-refractivity contribution in [3.05, 3.63) is 23.9 Å². The van der Waals surface area contributed by atoms with E-state index in [1.807, 2.05) is 6.07 Å². The summed E-state index contributed by atoms with van der Waals surface area (Å²) in [6, 6.07) is 5.40. The van der Waals surface area contributed by atoms with Crippen molar-refractivity contribution in [3.8, 4) is 5.88 Å². The van der Waals surface area contributed by atoms with Gasteiger partial charge in [-0.1, -0.05) is 6.07 Å². The number of nitrogens with zero attached hydrogens (tertiary/aromatic N) is 1. The van der Waals surface area contributed by atoms with E-state index < -0.39 is 0 Å². The standard InChI is InChI=1S/C11H15NO3/c13-6-10-2-1-3-11(12-10)15-8-9-4-5-14-7-9/h1-3,9,13H,4-8H2. The molecule has 0 amide bonds. The summed E-state index contributed by atoms with van der Waals surface area (Å²) >= 11 is 0. The van der Waals surface area contributed by atoms with Gasteiger partial charge >= 0.3 is 0 Å². The van der Waals surface area contributed by atoms with Crippen LogP contribution < -0.4 is 4.74 Å². The Morgan fingerprint density at radius 3 is 3.20 bits per heavy atom. The maximum atomic E-state index is 8.90. The maximum absolute atomic E-state index is 8.90. The summed E-state index contributed by atoms with van der Waals surface area (Å²) in [5.74, 6) is 1.05. The summed E-state index contributed by atoms with van der Waals surface area (Å²) in [5, 5.41) is 8.90. The van der Waals surface area contributed by atoms with Gasteiger partial charge in [0.15, 0.2) is 0 Å². The fourth-order valence-electron chi connectivity index (χ4n) is 1.54. The summed E-state index contributed by atoms with van der Waals surface area (Å²) in [6.07, 6.45) is 1.06. The molecule has 0 spiro atoms. The normalized spacial score (nSPS) is 20.5. The number of aliphatic hydroxyl groups excluding tert-OH is 1. The molecule has 1 atom stereocenters. The van der Waals surface area contributed by atoms with Crippen molar-refractivity contribution in [3.63, 3.8) is 0 Å². The first kappa shape index (κ1) is 10.4. The molecular formula is C11H15NO3. The van der Waals surface area contributed by atoms with Gasteiger partial charge in [0.25, 0.3) is 0 Å². The molecule has 0 radical (unpaired) electrons. The van der Waals surface area contributed by atoms with Crippen LogP contribution in [0.3, 0.4) is 0 Å². The monoisotopic (exact) mass is 209 g/mol. The van der Waals surface area contributed by atoms with Crippen LogP contribution >= 0.6 is 0 Å². The Kier molecular flexibility index (Phi) is 3.53. The van der Waals surface area contributed by atoms with Gasteiger partial charge in [-0.05, 0) is 12.5 Å². The number of aromatic nitrogens is 1. The molecule has 0 bridgehead atoms. The lowest BCUT2D eigenvalue weighted by Crippen LogP contribution is -2.12. The zero-order valence-electron chi connectivity index (χ0n) is 8.56. The van der Waals surface area contributed by atoms with Gasteiger partial charge in [-0.3, -0.25) is 0 Å². The molecule has 1 fully saturated rings. The summed E-state index contributed by atoms with van der Waals surface area (Å²) in [4.78, 5) is 4.14. The fourth-order valence-corrected chi connectivity index (χ4v) is 1.54. The van der Waals surface area contributed by atoms with Gasteiger partial charge in [0, 0.05) is 18.6 Å². The average molecular weight is 209 g/mol. The number of ether oxygens (including phenoxy) is 2. The minimum atomic E-state index is -0.0518. The van der Waals surface area contributed by atoms with Crippen LogP contribution in [0.1, 0.15) is 12.1 Å². The van der Waals surface area contributed by atoms with Gasteiger partial charge < -0.3 is 14.6 Å². The topological polar surface area (TPSA) is 51.6 Å². The van der Waals surface area contributed by atoms with Crippen LogP contribution in [-0.4, -0.2) is 29.9 Å². The third-order valence-electron chi connectivity index (χ3n) is 2.43. The van der Waals surface area contributed by atoms with Crippen LogP contribution in [0.2, 0.25) is 0 Å². The molecule has 4 heteroatoms. The Balaban J connectivity index is 1.86. The van der Waals surface area contributed by atoms with Crippen molar-refractivity contribution in [2.45, 2.75) is 13.0 Å². The zero-order valence-corrected chi connectivity index (χ0v) is 8.56. The molecule has 1 aliphatic heterocycles. The highest BCUT2D eigenvalue weighted by Crippen LogP contribution is 2.15. The number of rotatable bonds is 4. The van der Waals surface area contributed by atoms with Crippen molar-refractivity contribution in [2.75, 3.05) is 19.8 Å². The molecule has 1 aliphatic rings. The van der Waals surface area contributed by atoms with E-state index in [2.05, 4.69) is 4.98 Å². The molecular weight excluding hydrogens is 194 g/mol. The van der Waals surface area contributed by atoms with Gasteiger partial charge in [0.05, 0.1) is 25.5 Å². The first-order valence-electron chi connectivity index (χ1n) is 5.16. The van der Waals surface area contributed by atoms with Gasteiger partial charge in [-0.2, -0.15) is 0 Å². The van der Waals surface area contributed by atoms with E-state index in [1.165, 1.54) is 0 Å². The fraction of sp³-hybridized carbons (Fsp3) is 0.545. The summed E-state index contributed by atoms with van der Waals surface area (Å²) in [7, 11) is 0. The predicted molar refractivity (Wildman–Crippen MR) is 54.6 cm³/mol. The van der Waals surface area contributed by atoms with Crippen LogP contribution in [0.25, 0.3) is 0 Å². The largest absolute Gasteiger partial charge is 0.477 e. The molecule has 82 valence electrons. The Labute approximate surface area is 88.9 Å². The highest BCUT2D eigenvalue weighted by atomic mass is 16.5. The van der Waals surface area contributed by atoms with E-state index in [9.17, 15) is 0 Å². The first-order chi connectivity index (χ1) is 7.38. The molecule has 1 aromatic rings. The van der Waals surface area contributed by atoms with Crippen LogP contribution in [0.4, 0.5) is 0 Å². The van der Waals surface area contributed by atoms with Gasteiger partial charge in [-0.15, -0.1) is 0 Å². The van der Waals surface area contributed by atoms with Crippen molar-refractivity contribution >= 4 is 0 Å². The van der Waals surface area contributed by atoms with Crippen molar-refractivity contribution in [1.29, 1.82) is 0 Å². The van der Waals surface area contributed by atoms with Crippen LogP contribution in [0, 0.1) is 5.92 Å². The molecule has 2 heterocycles. The van der Waals surface area contributed by atoms with Crippen LogP contribution in [0.15, 0.2) is 18.2 Å². The lowest BCUT2D eigenvalue weighted by Gasteiger charge is -2.09. The molecule has 1 N–H and O–H groups in total. The molecule has 0 aromatic carbocycles. The zero-order chi connectivity index (χ0) is 10.5. The Morgan fingerprint density at radius 2 is 2.47 bits per heavy atom. The number of pyridine rings is 1. The highest BCUT2D eigenvalue weighted by Gasteiger charge is 2.16. The smallest absolute Gasteiger partial charge is 0.213 e. The number of aliphatic hydroxyl groups is 1. The first-order valence-corrected chi connectivity index (χ1v) is 5.16. The molecule has 1 saturated heterocycles. The molecule has 4 nitrogen and oxygen atoms in total. The third-order valence-corrected chi connectivity index (χ3v) is 2.43. The minimum Gasteiger partial charge on any atom is -0.477 e. The highest BCUT2D eigenvalue weighted by molar-refractivity contribution is 5.15. The van der Waals surface area contributed by atoms with E-state index in [4.69, 9.17) is 14.6 Å². The molecule has 2 rings (SSSR count). The van der Waals surface area contributed by atoms with Gasteiger partial charge in [-0.25, -0.2) is 4.98 Å². The second-order valence-electron chi connectivity index (χ2n) is 3.67. The van der Waals surface area contributed by atoms with E-state index in [0.717, 1.165) is 19.6 Å². The molecule has 1 unspecified atom stereocenters. The minimum absolute atomic E-state index is 0.0518. The summed E-state index contributed by atoms with van der Waals surface area (Å²) in [5.41, 5.74) is 0.634. The van der Waals surface area contributed by atoms with Gasteiger partial charge in [0.2, 0.25) is 5.88 Å². The number of hydrogen-bond donors (Lipinski definition) is 1. The molecule has 1 aromatic heterocycles. The Bertz CT molecular complexity index is 310. The second-order valence-corrected chi connectivity index (χ2v) is 3.67. The summed E-state index contributed by atoms with van der Waals surface area (Å²) in [6.45, 7) is 2.20. The Hall–Kier alpha value is -1.13. The SMILES string of the molecule is OCc1cccc(OCC2CCOC2)n1. The number of hydrogen-bond acceptors (Lipinski definition) is 4. The quantitative estimate of drug-likeness (QED) is 0.803. The van der Waals surface area contributed by atoms with Crippen molar-refractivity contribution in [2.24, 2.45) is 5.92 Å². The lowest BCUT2D eigenvalue weighted by molar-refractivity contribution is 0.165. The van der Waals surface area contributed by atoms with Crippen LogP contribution in [-0.2, 0) is 11.3 Å². The van der Waals surface area contributed by atoms with E-state index >= 15 is 0 Å². The average Bonchev–Trinajstić information content (AvgIpc) is 2.79. The Morgan fingerprint density at radius 1 is 1.53 bits per heavy atom. The van der Waals surface area contributed by atoms with Gasteiger partial charge in [0.1, 0.15) is 0 Å². The third kappa shape index (κ3) is 2.91.